The molecule has 0 bridgehead atoms. The van der Waals surface area contributed by atoms with E-state index < -0.39 is 35.0 Å². The maximum atomic E-state index is 16.1. The van der Waals surface area contributed by atoms with Gasteiger partial charge in [-0.05, 0) is 48.4 Å². The predicted molar refractivity (Wildman–Crippen MR) is 156 cm³/mol. The molecule has 6 rings (SSSR count). The Balaban J connectivity index is 1.51. The van der Waals surface area contributed by atoms with Gasteiger partial charge in [0.15, 0.2) is 11.6 Å². The van der Waals surface area contributed by atoms with Gasteiger partial charge in [0.25, 0.3) is 5.91 Å². The van der Waals surface area contributed by atoms with Gasteiger partial charge in [-0.3, -0.25) is 9.69 Å². The number of amides is 1. The summed E-state index contributed by atoms with van der Waals surface area (Å²) in [6.07, 6.45) is 0.447. The highest BCUT2D eigenvalue weighted by Gasteiger charge is 2.43. The molecule has 0 aromatic heterocycles. The van der Waals surface area contributed by atoms with Crippen LogP contribution in [0.15, 0.2) is 96.4 Å². The first-order valence-corrected chi connectivity index (χ1v) is 13.8. The Morgan fingerprint density at radius 1 is 1.00 bits per heavy atom. The van der Waals surface area contributed by atoms with Crippen LogP contribution in [-0.4, -0.2) is 17.6 Å². The number of para-hydroxylation sites is 1. The van der Waals surface area contributed by atoms with Gasteiger partial charge in [0.2, 0.25) is 0 Å². The number of halogens is 3. The van der Waals surface area contributed by atoms with Crippen LogP contribution in [-0.2, 0) is 11.3 Å². The average molecular weight is 587 g/mol. The van der Waals surface area contributed by atoms with Crippen molar-refractivity contribution in [3.05, 3.63) is 131 Å². The number of anilines is 2. The highest BCUT2D eigenvalue weighted by Crippen LogP contribution is 2.50. The number of phenols is 1. The highest BCUT2D eigenvalue weighted by atomic mass is 19.2. The number of rotatable bonds is 5. The summed E-state index contributed by atoms with van der Waals surface area (Å²) in [4.78, 5) is 15.3. The normalized spacial score (nSPS) is 17.2. The second-order valence-electron chi connectivity index (χ2n) is 11.4. The Morgan fingerprint density at radius 2 is 1.77 bits per heavy atom. The largest absolute Gasteiger partial charge is 0.506 e. The van der Waals surface area contributed by atoms with Crippen molar-refractivity contribution in [2.45, 2.75) is 32.9 Å². The van der Waals surface area contributed by atoms with E-state index in [-0.39, 0.29) is 52.8 Å². The summed E-state index contributed by atoms with van der Waals surface area (Å²) in [7, 11) is 0. The molecule has 1 atom stereocenters. The van der Waals surface area contributed by atoms with Gasteiger partial charge in [-0.25, -0.2) is 13.2 Å². The molecule has 0 aliphatic carbocycles. The molecule has 0 spiro atoms. The molecule has 4 aromatic carbocycles. The van der Waals surface area contributed by atoms with E-state index in [4.69, 9.17) is 9.47 Å². The van der Waals surface area contributed by atoms with Crippen LogP contribution in [0.2, 0.25) is 0 Å². The molecule has 1 amide bonds. The van der Waals surface area contributed by atoms with E-state index >= 15 is 8.78 Å². The Hall–Kier alpha value is -4.92. The number of hydrogen-bond acceptors (Lipinski definition) is 5. The van der Waals surface area contributed by atoms with Gasteiger partial charge in [0, 0.05) is 17.0 Å². The summed E-state index contributed by atoms with van der Waals surface area (Å²) >= 11 is 0. The lowest BCUT2D eigenvalue weighted by Gasteiger charge is -2.38. The molecule has 43 heavy (non-hydrogen) atoms. The van der Waals surface area contributed by atoms with Gasteiger partial charge < -0.3 is 19.9 Å². The van der Waals surface area contributed by atoms with Crippen LogP contribution < -0.4 is 15.0 Å². The number of nitrogens with one attached hydrogen (secondary N) is 1. The zero-order valence-electron chi connectivity index (χ0n) is 23.5. The molecule has 2 N–H and O–H groups in total. The Kier molecular flexibility index (Phi) is 7.25. The summed E-state index contributed by atoms with van der Waals surface area (Å²) in [5.74, 6) is -3.86. The first kappa shape index (κ1) is 28.2. The van der Waals surface area contributed by atoms with Gasteiger partial charge in [-0.1, -0.05) is 56.3 Å². The second kappa shape index (κ2) is 11.1. The van der Waals surface area contributed by atoms with Gasteiger partial charge in [0.05, 0.1) is 23.6 Å². The number of fused-ring (bicyclic) bond motifs is 1. The van der Waals surface area contributed by atoms with E-state index in [1.54, 1.807) is 12.1 Å². The van der Waals surface area contributed by atoms with E-state index in [1.165, 1.54) is 30.3 Å². The SMILES string of the molecule is CC1(C)COC2=C(C1)Nc1c(O)cccc1N(C(=O)c1cccc(F)c1F)C2c1ccc(OCc2ccccc2)cc1F. The van der Waals surface area contributed by atoms with E-state index in [1.807, 2.05) is 44.2 Å². The summed E-state index contributed by atoms with van der Waals surface area (Å²) < 4.78 is 57.6. The van der Waals surface area contributed by atoms with Gasteiger partial charge >= 0.3 is 0 Å². The molecule has 0 saturated carbocycles. The monoisotopic (exact) mass is 586 g/mol. The second-order valence-corrected chi connectivity index (χ2v) is 11.4. The Labute approximate surface area is 247 Å². The van der Waals surface area contributed by atoms with Crippen molar-refractivity contribution in [2.24, 2.45) is 5.41 Å². The van der Waals surface area contributed by atoms with Crippen molar-refractivity contribution in [1.29, 1.82) is 0 Å². The fourth-order valence-electron chi connectivity index (χ4n) is 5.46. The third kappa shape index (κ3) is 5.38. The van der Waals surface area contributed by atoms with Crippen LogP contribution in [0.3, 0.4) is 0 Å². The third-order valence-electron chi connectivity index (χ3n) is 7.55. The molecule has 9 heteroatoms. The quantitative estimate of drug-likeness (QED) is 0.233. The number of ether oxygens (including phenoxy) is 2. The highest BCUT2D eigenvalue weighted by molar-refractivity contribution is 6.09. The minimum Gasteiger partial charge on any atom is -0.506 e. The number of benzene rings is 4. The molecule has 0 radical (unpaired) electrons. The number of nitrogens with zero attached hydrogens (tertiary/aromatic N) is 1. The molecular weight excluding hydrogens is 557 g/mol. The lowest BCUT2D eigenvalue weighted by molar-refractivity contribution is 0.0756. The summed E-state index contributed by atoms with van der Waals surface area (Å²) in [6.45, 7) is 4.46. The zero-order chi connectivity index (χ0) is 30.3. The number of carbonyl (C=O) groups is 1. The predicted octanol–water partition coefficient (Wildman–Crippen LogP) is 7.86. The van der Waals surface area contributed by atoms with Crippen molar-refractivity contribution in [1.82, 2.24) is 0 Å². The van der Waals surface area contributed by atoms with Crippen LogP contribution in [0.25, 0.3) is 0 Å². The minimum absolute atomic E-state index is 0.0439. The van der Waals surface area contributed by atoms with E-state index in [2.05, 4.69) is 5.32 Å². The maximum Gasteiger partial charge on any atom is 0.262 e. The average Bonchev–Trinajstić information content (AvgIpc) is 3.12. The lowest BCUT2D eigenvalue weighted by Crippen LogP contribution is -2.39. The number of allylic oxidation sites excluding steroid dienone is 1. The lowest BCUT2D eigenvalue weighted by atomic mass is 9.85. The Morgan fingerprint density at radius 3 is 2.53 bits per heavy atom. The molecule has 2 aliphatic heterocycles. The fraction of sp³-hybridized carbons (Fsp3) is 0.206. The molecule has 4 aromatic rings. The minimum atomic E-state index is -1.34. The molecule has 1 unspecified atom stereocenters. The van der Waals surface area contributed by atoms with Crippen molar-refractivity contribution in [3.8, 4) is 11.5 Å². The first-order valence-electron chi connectivity index (χ1n) is 13.8. The van der Waals surface area contributed by atoms with Crippen LogP contribution in [0.4, 0.5) is 24.5 Å². The van der Waals surface area contributed by atoms with Crippen LogP contribution in [0.1, 0.15) is 47.8 Å². The van der Waals surface area contributed by atoms with Gasteiger partial charge in [-0.2, -0.15) is 0 Å². The number of phenolic OH excluding ortho intramolecular Hbond substituents is 1. The van der Waals surface area contributed by atoms with Crippen molar-refractivity contribution in [2.75, 3.05) is 16.8 Å². The smallest absolute Gasteiger partial charge is 0.262 e. The fourth-order valence-corrected chi connectivity index (χ4v) is 5.46. The first-order chi connectivity index (χ1) is 20.6. The van der Waals surface area contributed by atoms with Crippen molar-refractivity contribution in [3.63, 3.8) is 0 Å². The van der Waals surface area contributed by atoms with Crippen LogP contribution in [0.5, 0.6) is 11.5 Å². The molecule has 0 saturated heterocycles. The van der Waals surface area contributed by atoms with Crippen molar-refractivity contribution >= 4 is 17.3 Å². The summed E-state index contributed by atoms with van der Waals surface area (Å²) in [6, 6.07) is 20.3. The summed E-state index contributed by atoms with van der Waals surface area (Å²) in [5, 5.41) is 14.1. The van der Waals surface area contributed by atoms with Crippen molar-refractivity contribution < 1.29 is 32.5 Å². The Bertz CT molecular complexity index is 1740. The van der Waals surface area contributed by atoms with E-state index in [0.717, 1.165) is 22.6 Å². The molecule has 0 fully saturated rings. The molecular formula is C34H29F3N2O4. The van der Waals surface area contributed by atoms with E-state index in [0.29, 0.717) is 12.1 Å². The summed E-state index contributed by atoms with van der Waals surface area (Å²) in [5.41, 5.74) is 0.890. The zero-order valence-corrected chi connectivity index (χ0v) is 23.5. The van der Waals surface area contributed by atoms with E-state index in [9.17, 15) is 14.3 Å². The number of carbonyl (C=O) groups excluding carboxylic acids is 1. The molecule has 220 valence electrons. The van der Waals surface area contributed by atoms with Crippen LogP contribution >= 0.6 is 0 Å². The van der Waals surface area contributed by atoms with Crippen LogP contribution in [0, 0.1) is 22.9 Å². The van der Waals surface area contributed by atoms with Gasteiger partial charge in [0.1, 0.15) is 41.4 Å². The standard InChI is InChI=1S/C34H29F3N2O4/c1-34(2)17-26-32(43-19-34)31(22-15-14-21(16-25(22)36)42-18-20-8-4-3-5-9-20)39(27-12-7-13-28(40)30(27)38-26)33(41)23-10-6-11-24(35)29(23)37/h3-16,31,38,40H,17-19H2,1-2H3. The topological polar surface area (TPSA) is 71.0 Å². The third-order valence-corrected chi connectivity index (χ3v) is 7.55. The van der Waals surface area contributed by atoms with Gasteiger partial charge in [-0.15, -0.1) is 0 Å². The molecule has 2 heterocycles. The molecule has 2 aliphatic rings. The number of hydrogen-bond donors (Lipinski definition) is 2. The molecule has 6 nitrogen and oxygen atoms in total. The number of aromatic hydroxyl groups is 1. The maximum absolute atomic E-state index is 16.1.